The first-order valence-electron chi connectivity index (χ1n) is 8.95. The first-order chi connectivity index (χ1) is 14.5. The van der Waals surface area contributed by atoms with Gasteiger partial charge >= 0.3 is 5.69 Å². The zero-order chi connectivity index (χ0) is 21.4. The van der Waals surface area contributed by atoms with Gasteiger partial charge in [0.1, 0.15) is 17.4 Å². The van der Waals surface area contributed by atoms with Gasteiger partial charge in [-0.1, -0.05) is 0 Å². The fraction of sp³-hybridized carbons (Fsp3) is 0.200. The minimum absolute atomic E-state index is 0.0989. The van der Waals surface area contributed by atoms with Gasteiger partial charge in [0.2, 0.25) is 0 Å². The van der Waals surface area contributed by atoms with Gasteiger partial charge in [-0.25, -0.2) is 9.97 Å². The predicted molar refractivity (Wildman–Crippen MR) is 112 cm³/mol. The second-order valence-corrected chi connectivity index (χ2v) is 6.54. The summed E-state index contributed by atoms with van der Waals surface area (Å²) in [6.07, 6.45) is 1.45. The van der Waals surface area contributed by atoms with Crippen LogP contribution in [0.5, 0.6) is 17.2 Å². The molecule has 0 bridgehead atoms. The Morgan fingerprint density at radius 3 is 2.37 bits per heavy atom. The van der Waals surface area contributed by atoms with Gasteiger partial charge < -0.3 is 24.5 Å². The van der Waals surface area contributed by atoms with Crippen molar-refractivity contribution >= 4 is 39.1 Å². The van der Waals surface area contributed by atoms with E-state index in [9.17, 15) is 10.1 Å². The zero-order valence-electron chi connectivity index (χ0n) is 16.8. The van der Waals surface area contributed by atoms with Crippen molar-refractivity contribution in [2.24, 2.45) is 0 Å². The third-order valence-electron chi connectivity index (χ3n) is 4.86. The highest BCUT2D eigenvalue weighted by Crippen LogP contribution is 2.38. The molecule has 0 saturated carbocycles. The van der Waals surface area contributed by atoms with E-state index in [1.807, 2.05) is 12.1 Å². The second-order valence-electron chi connectivity index (χ2n) is 6.54. The van der Waals surface area contributed by atoms with E-state index in [1.165, 1.54) is 19.5 Å². The van der Waals surface area contributed by atoms with E-state index in [1.54, 1.807) is 27.2 Å². The molecule has 0 spiro atoms. The standard InChI is InChI=1S/C20H19N5O5/c1-10-5-14(25(26)27)15(28-2)7-12(10)24-20-19-18(21-9-22-20)11-6-16(29-3)17(30-4)8-13(11)23-19/h5-9,23H,1-4H3,(H,21,22,24). The number of H-pyrrole nitrogens is 1. The Balaban J connectivity index is 1.85. The number of ether oxygens (including phenoxy) is 3. The summed E-state index contributed by atoms with van der Waals surface area (Å²) < 4.78 is 15.9. The van der Waals surface area contributed by atoms with Crippen molar-refractivity contribution in [1.29, 1.82) is 0 Å². The highest BCUT2D eigenvalue weighted by molar-refractivity contribution is 6.09. The summed E-state index contributed by atoms with van der Waals surface area (Å²) in [5, 5.41) is 15.3. The van der Waals surface area contributed by atoms with Gasteiger partial charge in [0.25, 0.3) is 0 Å². The van der Waals surface area contributed by atoms with Gasteiger partial charge in [-0.05, 0) is 18.6 Å². The number of nitro groups is 1. The molecule has 0 fully saturated rings. The summed E-state index contributed by atoms with van der Waals surface area (Å²) >= 11 is 0. The second kappa shape index (κ2) is 7.39. The molecule has 0 saturated heterocycles. The highest BCUT2D eigenvalue weighted by Gasteiger charge is 2.19. The molecule has 0 aliphatic heterocycles. The van der Waals surface area contributed by atoms with Gasteiger partial charge in [0.15, 0.2) is 23.1 Å². The van der Waals surface area contributed by atoms with Crippen LogP contribution < -0.4 is 19.5 Å². The van der Waals surface area contributed by atoms with Crippen LogP contribution in [0.1, 0.15) is 5.56 Å². The summed E-state index contributed by atoms with van der Waals surface area (Å²) in [5.41, 5.74) is 3.40. The van der Waals surface area contributed by atoms with E-state index in [2.05, 4.69) is 20.3 Å². The van der Waals surface area contributed by atoms with Crippen LogP contribution in [0.3, 0.4) is 0 Å². The molecule has 2 N–H and O–H groups in total. The Morgan fingerprint density at radius 2 is 1.70 bits per heavy atom. The molecule has 4 rings (SSSR count). The van der Waals surface area contributed by atoms with Crippen LogP contribution in [-0.4, -0.2) is 41.2 Å². The quantitative estimate of drug-likeness (QED) is 0.360. The number of aryl methyl sites for hydroxylation is 1. The molecule has 0 radical (unpaired) electrons. The largest absolute Gasteiger partial charge is 0.493 e. The number of fused-ring (bicyclic) bond motifs is 3. The van der Waals surface area contributed by atoms with Crippen molar-refractivity contribution < 1.29 is 19.1 Å². The van der Waals surface area contributed by atoms with Gasteiger partial charge in [0, 0.05) is 29.3 Å². The number of methoxy groups -OCH3 is 3. The molecule has 2 heterocycles. The summed E-state index contributed by atoms with van der Waals surface area (Å²) in [7, 11) is 4.54. The van der Waals surface area contributed by atoms with E-state index >= 15 is 0 Å². The van der Waals surface area contributed by atoms with Gasteiger partial charge in [-0.2, -0.15) is 0 Å². The number of nitrogens with one attached hydrogen (secondary N) is 2. The topological polar surface area (TPSA) is 124 Å². The molecule has 30 heavy (non-hydrogen) atoms. The maximum absolute atomic E-state index is 11.2. The number of aromatic nitrogens is 3. The van der Waals surface area contributed by atoms with Crippen molar-refractivity contribution in [3.63, 3.8) is 0 Å². The van der Waals surface area contributed by atoms with E-state index in [4.69, 9.17) is 14.2 Å². The molecule has 0 aliphatic rings. The fourth-order valence-corrected chi connectivity index (χ4v) is 3.36. The maximum Gasteiger partial charge on any atom is 0.311 e. The molecule has 2 aromatic heterocycles. The Morgan fingerprint density at radius 1 is 1.00 bits per heavy atom. The van der Waals surface area contributed by atoms with Crippen LogP contribution in [0, 0.1) is 17.0 Å². The SMILES string of the molecule is COc1cc2[nH]c3c(Nc4cc(OC)c([N+](=O)[O-])cc4C)ncnc3c2cc1OC. The smallest absolute Gasteiger partial charge is 0.311 e. The lowest BCUT2D eigenvalue weighted by Gasteiger charge is -2.11. The van der Waals surface area contributed by atoms with Gasteiger partial charge in [-0.3, -0.25) is 10.1 Å². The van der Waals surface area contributed by atoms with Crippen molar-refractivity contribution in [1.82, 2.24) is 15.0 Å². The number of nitrogens with zero attached hydrogens (tertiary/aromatic N) is 3. The van der Waals surface area contributed by atoms with Gasteiger partial charge in [-0.15, -0.1) is 0 Å². The lowest BCUT2D eigenvalue weighted by molar-refractivity contribution is -0.385. The summed E-state index contributed by atoms with van der Waals surface area (Å²) in [5.74, 6) is 1.86. The molecule has 0 atom stereocenters. The number of benzene rings is 2. The van der Waals surface area contributed by atoms with Gasteiger partial charge in [0.05, 0.1) is 31.8 Å². The van der Waals surface area contributed by atoms with Crippen molar-refractivity contribution in [3.05, 3.63) is 46.3 Å². The average Bonchev–Trinajstić information content (AvgIpc) is 3.12. The molecule has 2 aromatic carbocycles. The number of rotatable bonds is 6. The molecular weight excluding hydrogens is 390 g/mol. The van der Waals surface area contributed by atoms with Crippen molar-refractivity contribution in [3.8, 4) is 17.2 Å². The number of hydrogen-bond acceptors (Lipinski definition) is 8. The maximum atomic E-state index is 11.2. The van der Waals surface area contributed by atoms with Crippen LogP contribution >= 0.6 is 0 Å². The first kappa shape index (κ1) is 19.2. The number of anilines is 2. The Hall–Kier alpha value is -4.08. The lowest BCUT2D eigenvalue weighted by atomic mass is 10.1. The molecule has 4 aromatic rings. The van der Waals surface area contributed by atoms with Crippen LogP contribution in [0.2, 0.25) is 0 Å². The molecule has 154 valence electrons. The van der Waals surface area contributed by atoms with Crippen molar-refractivity contribution in [2.45, 2.75) is 6.92 Å². The number of nitro benzene ring substituents is 1. The Labute approximate surface area is 171 Å². The third-order valence-corrected chi connectivity index (χ3v) is 4.86. The van der Waals surface area contributed by atoms with Crippen LogP contribution in [0.15, 0.2) is 30.6 Å². The third kappa shape index (κ3) is 3.08. The first-order valence-corrected chi connectivity index (χ1v) is 8.95. The zero-order valence-corrected chi connectivity index (χ0v) is 16.8. The monoisotopic (exact) mass is 409 g/mol. The van der Waals surface area contributed by atoms with Crippen LogP contribution in [0.25, 0.3) is 21.9 Å². The fourth-order valence-electron chi connectivity index (χ4n) is 3.36. The summed E-state index contributed by atoms with van der Waals surface area (Å²) in [4.78, 5) is 22.8. The molecular formula is C20H19N5O5. The molecule has 10 heteroatoms. The molecule has 10 nitrogen and oxygen atoms in total. The van der Waals surface area contributed by atoms with E-state index in [-0.39, 0.29) is 11.4 Å². The average molecular weight is 409 g/mol. The minimum atomic E-state index is -0.475. The van der Waals surface area contributed by atoms with Crippen molar-refractivity contribution in [2.75, 3.05) is 26.6 Å². The van der Waals surface area contributed by atoms with Crippen LogP contribution in [-0.2, 0) is 0 Å². The van der Waals surface area contributed by atoms with E-state index in [0.717, 1.165) is 10.9 Å². The van der Waals surface area contributed by atoms with Crippen LogP contribution in [0.4, 0.5) is 17.2 Å². The molecule has 0 amide bonds. The minimum Gasteiger partial charge on any atom is -0.493 e. The Kier molecular flexibility index (Phi) is 4.74. The lowest BCUT2D eigenvalue weighted by Crippen LogP contribution is -2.00. The molecule has 0 unspecified atom stereocenters. The number of hydrogen-bond donors (Lipinski definition) is 2. The highest BCUT2D eigenvalue weighted by atomic mass is 16.6. The molecule has 0 aliphatic carbocycles. The summed E-state index contributed by atoms with van der Waals surface area (Å²) in [6, 6.07) is 6.72. The van der Waals surface area contributed by atoms with E-state index < -0.39 is 4.92 Å². The Bertz CT molecular complexity index is 1280. The summed E-state index contributed by atoms with van der Waals surface area (Å²) in [6.45, 7) is 1.77. The predicted octanol–water partition coefficient (Wildman–Crippen LogP) is 4.10. The number of aromatic amines is 1. The van der Waals surface area contributed by atoms with E-state index in [0.29, 0.717) is 39.6 Å². The normalized spacial score (nSPS) is 10.9.